The highest BCUT2D eigenvalue weighted by Gasteiger charge is 2.30. The fraction of sp³-hybridized carbons (Fsp3) is 0.271. The molecule has 5 N–H and O–H groups in total. The number of rotatable bonds is 15. The third kappa shape index (κ3) is 10.7. The van der Waals surface area contributed by atoms with Crippen molar-refractivity contribution in [3.63, 3.8) is 0 Å². The van der Waals surface area contributed by atoms with Crippen molar-refractivity contribution in [1.29, 1.82) is 0 Å². The summed E-state index contributed by atoms with van der Waals surface area (Å²) >= 11 is 9.46. The van der Waals surface area contributed by atoms with Gasteiger partial charge in [0.25, 0.3) is 10.1 Å². The molecule has 1 atom stereocenters. The number of likely N-dealkylation sites (tertiary alicyclic amines) is 1. The van der Waals surface area contributed by atoms with E-state index >= 15 is 0 Å². The van der Waals surface area contributed by atoms with Crippen molar-refractivity contribution in [2.75, 3.05) is 50.1 Å². The fourth-order valence-electron chi connectivity index (χ4n) is 8.39. The lowest BCUT2D eigenvalue weighted by molar-refractivity contribution is -0.118. The lowest BCUT2D eigenvalue weighted by Crippen LogP contribution is -2.40. The van der Waals surface area contributed by atoms with E-state index in [1.54, 1.807) is 48.4 Å². The molecular formula is C48H47BrClN5O10S. The number of aromatic amines is 1. The Morgan fingerprint density at radius 1 is 0.939 bits per heavy atom. The van der Waals surface area contributed by atoms with Gasteiger partial charge in [0.05, 0.1) is 33.9 Å². The Balaban J connectivity index is 0.863. The van der Waals surface area contributed by atoms with Gasteiger partial charge in [0.1, 0.15) is 29.5 Å². The molecule has 5 aromatic carbocycles. The second-order valence-corrected chi connectivity index (χ2v) is 18.9. The Kier molecular flexibility index (Phi) is 14.3. The number of hydrogen-bond donors (Lipinski definition) is 5. The fourth-order valence-corrected chi connectivity index (χ4v) is 9.89. The number of para-hydroxylation sites is 1. The first-order valence-electron chi connectivity index (χ1n) is 21.3. The van der Waals surface area contributed by atoms with E-state index in [4.69, 9.17) is 25.3 Å². The first-order valence-corrected chi connectivity index (χ1v) is 23.9. The van der Waals surface area contributed by atoms with Crippen LogP contribution in [0.4, 0.5) is 16.2 Å². The minimum Gasteiger partial charge on any atom is -0.506 e. The number of aromatic nitrogens is 1. The van der Waals surface area contributed by atoms with Crippen molar-refractivity contribution in [3.05, 3.63) is 140 Å². The van der Waals surface area contributed by atoms with Gasteiger partial charge >= 0.3 is 6.09 Å². The van der Waals surface area contributed by atoms with E-state index in [1.807, 2.05) is 30.3 Å². The van der Waals surface area contributed by atoms with E-state index in [1.165, 1.54) is 36.4 Å². The van der Waals surface area contributed by atoms with Crippen LogP contribution >= 0.6 is 27.5 Å². The zero-order valence-corrected chi connectivity index (χ0v) is 38.9. The van der Waals surface area contributed by atoms with E-state index in [0.29, 0.717) is 78.7 Å². The highest BCUT2D eigenvalue weighted by molar-refractivity contribution is 9.10. The predicted octanol–water partition coefficient (Wildman–Crippen LogP) is 8.26. The van der Waals surface area contributed by atoms with Crippen LogP contribution in [0.3, 0.4) is 0 Å². The van der Waals surface area contributed by atoms with Crippen molar-refractivity contribution >= 4 is 71.9 Å². The first kappa shape index (κ1) is 46.6. The van der Waals surface area contributed by atoms with Gasteiger partial charge in [-0.25, -0.2) is 4.79 Å². The second kappa shape index (κ2) is 20.3. The number of halogens is 2. The number of pyridine rings is 1. The number of phenolic OH excluding ortho intramolecular Hbond substituents is 2. The minimum atomic E-state index is -4.27. The largest absolute Gasteiger partial charge is 0.506 e. The number of hydrogen-bond acceptors (Lipinski definition) is 12. The van der Waals surface area contributed by atoms with Gasteiger partial charge in [0.2, 0.25) is 11.5 Å². The normalized spacial score (nSPS) is 14.8. The van der Waals surface area contributed by atoms with E-state index in [2.05, 4.69) is 36.4 Å². The van der Waals surface area contributed by atoms with Gasteiger partial charge in [0.15, 0.2) is 0 Å². The molecule has 1 saturated heterocycles. The van der Waals surface area contributed by atoms with Crippen molar-refractivity contribution < 1.29 is 41.9 Å². The number of piperidine rings is 1. The number of phenols is 2. The number of nitrogens with zero attached hydrogens (tertiary/aromatic N) is 2. The number of nitrogens with one attached hydrogen (secondary N) is 3. The van der Waals surface area contributed by atoms with Crippen LogP contribution in [0.15, 0.2) is 117 Å². The Bertz CT molecular complexity index is 2950. The molecule has 2 amide bonds. The van der Waals surface area contributed by atoms with Crippen LogP contribution in [-0.2, 0) is 36.8 Å². The third-order valence-corrected chi connectivity index (χ3v) is 14.0. The molecule has 0 saturated carbocycles. The number of carbonyl (C=O) groups is 2. The number of fused-ring (bicyclic) bond motifs is 2. The number of amides is 2. The molecule has 8 rings (SSSR count). The van der Waals surface area contributed by atoms with Crippen LogP contribution in [0, 0.1) is 0 Å². The van der Waals surface area contributed by atoms with Gasteiger partial charge in [-0.15, -0.1) is 0 Å². The van der Waals surface area contributed by atoms with E-state index in [0.717, 1.165) is 27.9 Å². The smallest absolute Gasteiger partial charge is 0.411 e. The Morgan fingerprint density at radius 3 is 2.45 bits per heavy atom. The molecule has 2 aliphatic heterocycles. The van der Waals surface area contributed by atoms with Crippen LogP contribution in [0.2, 0.25) is 5.02 Å². The molecule has 66 heavy (non-hydrogen) atoms. The summed E-state index contributed by atoms with van der Waals surface area (Å²) in [6.07, 6.45) is 0.273. The summed E-state index contributed by atoms with van der Waals surface area (Å²) in [6, 6.07) is 27.8. The molecule has 15 nitrogen and oxygen atoms in total. The molecular weight excluding hydrogens is 954 g/mol. The molecule has 2 aliphatic rings. The number of carbonyl (C=O) groups excluding carboxylic acids is 2. The number of H-pyrrole nitrogens is 1. The standard InChI is InChI=1S/C48H47BrClN5O10S/c1-63-43-26-40-30(24-31(43)27-51-28-44(65-66(61,62)34-9-7-32(49)8-10-34)36-11-14-42(57)47-37(36)12-15-45(58)53-47)16-23-55(40)46(59)19-22-54-20-17-33(18-21-54)64-48(60)52-39-5-3-2-4-35(39)29-6-13-41(56)38(50)25-29/h2-15,24-26,33,44,51,56-57H,16-23,27-28H2,1H3,(H,52,60)(H,53,58)/t44-/m0/s1. The second-order valence-electron chi connectivity index (χ2n) is 16.0. The van der Waals surface area contributed by atoms with Gasteiger partial charge in [-0.1, -0.05) is 57.9 Å². The summed E-state index contributed by atoms with van der Waals surface area (Å²) < 4.78 is 45.3. The van der Waals surface area contributed by atoms with Crippen molar-refractivity contribution in [2.45, 2.75) is 49.3 Å². The quantitative estimate of drug-likeness (QED) is 0.0618. The summed E-state index contributed by atoms with van der Waals surface area (Å²) in [4.78, 5) is 45.4. The third-order valence-electron chi connectivity index (χ3n) is 11.8. The monoisotopic (exact) mass is 999 g/mol. The molecule has 3 heterocycles. The van der Waals surface area contributed by atoms with Crippen molar-refractivity contribution in [2.24, 2.45) is 0 Å². The molecule has 344 valence electrons. The van der Waals surface area contributed by atoms with Gasteiger partial charge in [-0.2, -0.15) is 8.42 Å². The van der Waals surface area contributed by atoms with Gasteiger partial charge < -0.3 is 39.8 Å². The Hall–Kier alpha value is -5.95. The highest BCUT2D eigenvalue weighted by Crippen LogP contribution is 2.37. The van der Waals surface area contributed by atoms with Crippen LogP contribution in [0.1, 0.15) is 42.1 Å². The maximum absolute atomic E-state index is 13.7. The van der Waals surface area contributed by atoms with E-state index in [9.17, 15) is 33.0 Å². The molecule has 1 aromatic heterocycles. The van der Waals surface area contributed by atoms with Gasteiger partial charge in [0, 0.05) is 78.8 Å². The van der Waals surface area contributed by atoms with E-state index in [-0.39, 0.29) is 52.0 Å². The average molecular weight is 1000 g/mol. The maximum Gasteiger partial charge on any atom is 0.411 e. The Morgan fingerprint density at radius 2 is 1.70 bits per heavy atom. The average Bonchev–Trinajstić information content (AvgIpc) is 3.72. The number of ether oxygens (including phenoxy) is 2. The lowest BCUT2D eigenvalue weighted by Gasteiger charge is -2.31. The molecule has 1 fully saturated rings. The van der Waals surface area contributed by atoms with Crippen LogP contribution in [0.25, 0.3) is 22.0 Å². The summed E-state index contributed by atoms with van der Waals surface area (Å²) in [5.41, 5.74) is 4.73. The zero-order valence-electron chi connectivity index (χ0n) is 35.8. The van der Waals surface area contributed by atoms with Crippen molar-refractivity contribution in [3.8, 4) is 28.4 Å². The molecule has 18 heteroatoms. The molecule has 0 bridgehead atoms. The Labute approximate surface area is 394 Å². The number of aromatic hydroxyl groups is 2. The SMILES string of the molecule is COc1cc2c(cc1CNC[C@H](OS(=O)(=O)c1ccc(Br)cc1)c1ccc(O)c3[nH]c(=O)ccc13)CCN2C(=O)CCN1CCC(OC(=O)Nc2ccccc2-c2ccc(O)c(Cl)c2)CC1. The number of anilines is 2. The van der Waals surface area contributed by atoms with Crippen molar-refractivity contribution in [1.82, 2.24) is 15.2 Å². The highest BCUT2D eigenvalue weighted by atomic mass is 79.9. The lowest BCUT2D eigenvalue weighted by atomic mass is 10.0. The molecule has 0 aliphatic carbocycles. The molecule has 0 radical (unpaired) electrons. The first-order chi connectivity index (χ1) is 31.8. The van der Waals surface area contributed by atoms with Gasteiger partial charge in [-0.05, 0) is 96.6 Å². The topological polar surface area (TPSA) is 200 Å². The summed E-state index contributed by atoms with van der Waals surface area (Å²) in [7, 11) is -2.72. The molecule has 6 aromatic rings. The molecule has 0 spiro atoms. The maximum atomic E-state index is 13.7. The van der Waals surface area contributed by atoms with Crippen LogP contribution in [-0.4, -0.2) is 86.5 Å². The zero-order chi connectivity index (χ0) is 46.5. The van der Waals surface area contributed by atoms with Crippen LogP contribution in [0.5, 0.6) is 17.2 Å². The van der Waals surface area contributed by atoms with E-state index < -0.39 is 27.9 Å². The summed E-state index contributed by atoms with van der Waals surface area (Å²) in [5, 5.41) is 27.2. The minimum absolute atomic E-state index is 0.0116. The predicted molar refractivity (Wildman–Crippen MR) is 255 cm³/mol. The summed E-state index contributed by atoms with van der Waals surface area (Å²) in [6.45, 7) is 2.68. The number of methoxy groups -OCH3 is 1. The van der Waals surface area contributed by atoms with Gasteiger partial charge in [-0.3, -0.25) is 19.1 Å². The molecule has 0 unspecified atom stereocenters. The van der Waals surface area contributed by atoms with Crippen LogP contribution < -0.4 is 25.8 Å². The summed E-state index contributed by atoms with van der Waals surface area (Å²) in [5.74, 6) is 0.340. The number of benzene rings is 5.